The van der Waals surface area contributed by atoms with Crippen molar-refractivity contribution in [3.05, 3.63) is 47.4 Å². The van der Waals surface area contributed by atoms with Gasteiger partial charge in [0.1, 0.15) is 11.6 Å². The number of primary amides is 1. The van der Waals surface area contributed by atoms with Crippen LogP contribution in [0.1, 0.15) is 27.6 Å². The summed E-state index contributed by atoms with van der Waals surface area (Å²) in [6.07, 6.45) is 3.51. The molecule has 0 atom stereocenters. The molecule has 0 fully saturated rings. The lowest BCUT2D eigenvalue weighted by Gasteiger charge is -2.13. The van der Waals surface area contributed by atoms with Gasteiger partial charge >= 0.3 is 11.8 Å². The van der Waals surface area contributed by atoms with E-state index in [4.69, 9.17) is 15.0 Å². The first-order valence-corrected chi connectivity index (χ1v) is 7.29. The summed E-state index contributed by atoms with van der Waals surface area (Å²) < 4.78 is 12.0. The van der Waals surface area contributed by atoms with Gasteiger partial charge in [0.05, 0.1) is 13.7 Å². The van der Waals surface area contributed by atoms with Crippen LogP contribution in [0.2, 0.25) is 0 Å². The summed E-state index contributed by atoms with van der Waals surface area (Å²) in [6.45, 7) is 4.34. The highest BCUT2D eigenvalue weighted by Crippen LogP contribution is 2.30. The zero-order valence-corrected chi connectivity index (χ0v) is 13.6. The lowest BCUT2D eigenvalue weighted by atomic mass is 10.0. The Labute approximate surface area is 138 Å². The maximum atomic E-state index is 11.0. The SMILES string of the molecule is COc1ccc(-c2nccn2Cc2noc(C(N)=O)n2)c(C)c1C. The number of carbonyl (C=O) groups is 1. The number of amides is 1. The molecule has 0 aliphatic heterocycles. The first-order valence-electron chi connectivity index (χ1n) is 7.29. The number of ether oxygens (including phenoxy) is 1. The average molecular weight is 327 g/mol. The molecule has 8 heteroatoms. The Bertz CT molecular complexity index is 897. The standard InChI is InChI=1S/C16H17N5O3/c1-9-10(2)12(23-3)5-4-11(9)15-18-6-7-21(15)8-13-19-16(14(17)22)24-20-13/h4-7H,8H2,1-3H3,(H2,17,22). The Hall–Kier alpha value is -3.16. The van der Waals surface area contributed by atoms with Crippen molar-refractivity contribution in [1.82, 2.24) is 19.7 Å². The van der Waals surface area contributed by atoms with Gasteiger partial charge in [0.15, 0.2) is 5.82 Å². The van der Waals surface area contributed by atoms with Crippen LogP contribution >= 0.6 is 0 Å². The van der Waals surface area contributed by atoms with Crippen LogP contribution < -0.4 is 10.5 Å². The van der Waals surface area contributed by atoms with Crippen LogP contribution in [-0.4, -0.2) is 32.7 Å². The molecule has 2 heterocycles. The molecule has 1 aromatic carbocycles. The molecule has 2 aromatic heterocycles. The molecule has 2 N–H and O–H groups in total. The molecule has 0 spiro atoms. The Kier molecular flexibility index (Phi) is 4.03. The van der Waals surface area contributed by atoms with Gasteiger partial charge in [0, 0.05) is 18.0 Å². The number of nitrogens with zero attached hydrogens (tertiary/aromatic N) is 4. The van der Waals surface area contributed by atoms with Gasteiger partial charge in [-0.3, -0.25) is 4.79 Å². The summed E-state index contributed by atoms with van der Waals surface area (Å²) in [5.74, 6) is 0.998. The fourth-order valence-electron chi connectivity index (χ4n) is 2.51. The minimum absolute atomic E-state index is 0.205. The molecule has 0 unspecified atom stereocenters. The molecule has 0 aliphatic rings. The molecular formula is C16H17N5O3. The summed E-state index contributed by atoms with van der Waals surface area (Å²) in [7, 11) is 1.65. The highest BCUT2D eigenvalue weighted by Gasteiger charge is 2.16. The number of imidazole rings is 1. The summed E-state index contributed by atoms with van der Waals surface area (Å²) in [5.41, 5.74) is 8.23. The van der Waals surface area contributed by atoms with E-state index in [0.29, 0.717) is 12.4 Å². The molecule has 3 rings (SSSR count). The van der Waals surface area contributed by atoms with Crippen LogP contribution in [0, 0.1) is 13.8 Å². The number of nitrogens with two attached hydrogens (primary N) is 1. The van der Waals surface area contributed by atoms with E-state index < -0.39 is 5.91 Å². The molecule has 3 aromatic rings. The summed E-state index contributed by atoms with van der Waals surface area (Å²) in [5, 5.41) is 3.76. The van der Waals surface area contributed by atoms with E-state index in [9.17, 15) is 4.79 Å². The van der Waals surface area contributed by atoms with E-state index in [-0.39, 0.29) is 5.89 Å². The first-order chi connectivity index (χ1) is 11.5. The number of carbonyl (C=O) groups excluding carboxylic acids is 1. The molecule has 0 saturated heterocycles. The molecule has 0 radical (unpaired) electrons. The first kappa shape index (κ1) is 15.7. The summed E-state index contributed by atoms with van der Waals surface area (Å²) in [6, 6.07) is 3.88. The number of methoxy groups -OCH3 is 1. The van der Waals surface area contributed by atoms with E-state index in [1.165, 1.54) is 0 Å². The lowest BCUT2D eigenvalue weighted by Crippen LogP contribution is -2.11. The summed E-state index contributed by atoms with van der Waals surface area (Å²) >= 11 is 0. The Balaban J connectivity index is 1.96. The van der Waals surface area contributed by atoms with E-state index >= 15 is 0 Å². The van der Waals surface area contributed by atoms with Gasteiger partial charge in [0.2, 0.25) is 0 Å². The third-order valence-corrected chi connectivity index (χ3v) is 3.90. The maximum Gasteiger partial charge on any atom is 0.315 e. The van der Waals surface area contributed by atoms with Crippen molar-refractivity contribution in [2.75, 3.05) is 7.11 Å². The second-order valence-corrected chi connectivity index (χ2v) is 5.32. The molecule has 0 aliphatic carbocycles. The van der Waals surface area contributed by atoms with Crippen molar-refractivity contribution in [3.8, 4) is 17.1 Å². The van der Waals surface area contributed by atoms with E-state index in [2.05, 4.69) is 15.1 Å². The van der Waals surface area contributed by atoms with Gasteiger partial charge < -0.3 is 19.6 Å². The van der Waals surface area contributed by atoms with E-state index in [0.717, 1.165) is 28.3 Å². The minimum atomic E-state index is -0.749. The van der Waals surface area contributed by atoms with Gasteiger partial charge in [0.25, 0.3) is 0 Å². The third kappa shape index (κ3) is 2.73. The third-order valence-electron chi connectivity index (χ3n) is 3.90. The summed E-state index contributed by atoms with van der Waals surface area (Å²) in [4.78, 5) is 19.4. The van der Waals surface area contributed by atoms with Crippen molar-refractivity contribution in [3.63, 3.8) is 0 Å². The van der Waals surface area contributed by atoms with Crippen molar-refractivity contribution in [1.29, 1.82) is 0 Å². The predicted molar refractivity (Wildman–Crippen MR) is 85.6 cm³/mol. The highest BCUT2D eigenvalue weighted by atomic mass is 16.5. The molecule has 0 bridgehead atoms. The van der Waals surface area contributed by atoms with E-state index in [1.807, 2.05) is 36.7 Å². The molecule has 0 saturated carbocycles. The van der Waals surface area contributed by atoms with Gasteiger partial charge in [-0.15, -0.1) is 0 Å². The van der Waals surface area contributed by atoms with Crippen LogP contribution in [0.3, 0.4) is 0 Å². The van der Waals surface area contributed by atoms with Crippen LogP contribution in [0.4, 0.5) is 0 Å². The molecule has 1 amide bonds. The van der Waals surface area contributed by atoms with Crippen LogP contribution in [0.15, 0.2) is 29.0 Å². The largest absolute Gasteiger partial charge is 0.496 e. The van der Waals surface area contributed by atoms with Gasteiger partial charge in [-0.25, -0.2) is 4.98 Å². The molecule has 124 valence electrons. The lowest BCUT2D eigenvalue weighted by molar-refractivity contribution is 0.0958. The van der Waals surface area contributed by atoms with Crippen molar-refractivity contribution in [2.24, 2.45) is 5.73 Å². The number of rotatable bonds is 5. The quantitative estimate of drug-likeness (QED) is 0.764. The van der Waals surface area contributed by atoms with Gasteiger partial charge in [-0.2, -0.15) is 4.98 Å². The fourth-order valence-corrected chi connectivity index (χ4v) is 2.51. The van der Waals surface area contributed by atoms with Gasteiger partial charge in [-0.05, 0) is 37.1 Å². The Morgan fingerprint density at radius 2 is 2.12 bits per heavy atom. The zero-order chi connectivity index (χ0) is 17.3. The van der Waals surface area contributed by atoms with Crippen molar-refractivity contribution in [2.45, 2.75) is 20.4 Å². The number of hydrogen-bond acceptors (Lipinski definition) is 6. The maximum absolute atomic E-state index is 11.0. The minimum Gasteiger partial charge on any atom is -0.496 e. The van der Waals surface area contributed by atoms with Crippen LogP contribution in [0.5, 0.6) is 5.75 Å². The molecule has 8 nitrogen and oxygen atoms in total. The smallest absolute Gasteiger partial charge is 0.315 e. The van der Waals surface area contributed by atoms with Crippen LogP contribution in [0.25, 0.3) is 11.4 Å². The predicted octanol–water partition coefficient (Wildman–Crippen LogP) is 1.71. The topological polar surface area (TPSA) is 109 Å². The normalized spacial score (nSPS) is 10.8. The molecule has 24 heavy (non-hydrogen) atoms. The average Bonchev–Trinajstić information content (AvgIpc) is 3.20. The van der Waals surface area contributed by atoms with Gasteiger partial charge in [-0.1, -0.05) is 5.16 Å². The second-order valence-electron chi connectivity index (χ2n) is 5.32. The van der Waals surface area contributed by atoms with Crippen molar-refractivity contribution < 1.29 is 14.1 Å². The molecular weight excluding hydrogens is 310 g/mol. The monoisotopic (exact) mass is 327 g/mol. The highest BCUT2D eigenvalue weighted by molar-refractivity contribution is 5.87. The number of aromatic nitrogens is 4. The van der Waals surface area contributed by atoms with E-state index in [1.54, 1.807) is 13.3 Å². The number of benzene rings is 1. The van der Waals surface area contributed by atoms with Crippen molar-refractivity contribution >= 4 is 5.91 Å². The fraction of sp³-hybridized carbons (Fsp3) is 0.250. The Morgan fingerprint density at radius 3 is 2.79 bits per heavy atom. The Morgan fingerprint density at radius 1 is 1.33 bits per heavy atom. The second kappa shape index (κ2) is 6.15. The van der Waals surface area contributed by atoms with Crippen LogP contribution in [-0.2, 0) is 6.54 Å². The zero-order valence-electron chi connectivity index (χ0n) is 13.6. The number of hydrogen-bond donors (Lipinski definition) is 1.